The van der Waals surface area contributed by atoms with Gasteiger partial charge in [-0.15, -0.1) is 0 Å². The zero-order chi connectivity index (χ0) is 13.1. The van der Waals surface area contributed by atoms with E-state index in [1.54, 1.807) is 12.1 Å². The molecule has 1 heterocycles. The summed E-state index contributed by atoms with van der Waals surface area (Å²) in [6, 6.07) is 4.43. The van der Waals surface area contributed by atoms with Crippen LogP contribution in [0.1, 0.15) is 18.4 Å². The Morgan fingerprint density at radius 2 is 2.33 bits per heavy atom. The van der Waals surface area contributed by atoms with Crippen molar-refractivity contribution in [3.8, 4) is 0 Å². The van der Waals surface area contributed by atoms with Gasteiger partial charge in [-0.25, -0.2) is 0 Å². The molecule has 0 bridgehead atoms. The molecule has 1 amide bonds. The number of benzene rings is 1. The van der Waals surface area contributed by atoms with Gasteiger partial charge in [-0.05, 0) is 37.9 Å². The van der Waals surface area contributed by atoms with Crippen LogP contribution in [0.25, 0.3) is 0 Å². The predicted molar refractivity (Wildman–Crippen MR) is 67.5 cm³/mol. The van der Waals surface area contributed by atoms with Gasteiger partial charge < -0.3 is 10.6 Å². The molecule has 0 saturated carbocycles. The number of nitrogens with one attached hydrogen (secondary N) is 2. The molecule has 1 aliphatic rings. The van der Waals surface area contributed by atoms with E-state index in [-0.39, 0.29) is 23.3 Å². The molecule has 0 unspecified atom stereocenters. The smallest absolute Gasteiger partial charge is 0.292 e. The van der Waals surface area contributed by atoms with E-state index in [1.165, 1.54) is 6.07 Å². The maximum atomic E-state index is 11.9. The molecule has 18 heavy (non-hydrogen) atoms. The first-order valence-electron chi connectivity index (χ1n) is 5.87. The van der Waals surface area contributed by atoms with E-state index < -0.39 is 4.92 Å². The molecule has 0 aromatic heterocycles. The lowest BCUT2D eigenvalue weighted by Crippen LogP contribution is -2.35. The highest BCUT2D eigenvalue weighted by Crippen LogP contribution is 2.25. The highest BCUT2D eigenvalue weighted by molar-refractivity contribution is 5.97. The number of carbonyl (C=O) groups excluding carboxylic acids is 1. The molecule has 0 aliphatic carbocycles. The second-order valence-corrected chi connectivity index (χ2v) is 4.42. The van der Waals surface area contributed by atoms with E-state index in [0.717, 1.165) is 24.9 Å². The Balaban J connectivity index is 2.19. The van der Waals surface area contributed by atoms with E-state index in [9.17, 15) is 14.9 Å². The number of amides is 1. The third-order valence-electron chi connectivity index (χ3n) is 2.98. The first kappa shape index (κ1) is 12.5. The number of rotatable bonds is 3. The number of hydrogen-bond acceptors (Lipinski definition) is 4. The molecule has 96 valence electrons. The lowest BCUT2D eigenvalue weighted by Gasteiger charge is -2.11. The summed E-state index contributed by atoms with van der Waals surface area (Å²) in [5, 5.41) is 16.6. The topological polar surface area (TPSA) is 84.3 Å². The summed E-state index contributed by atoms with van der Waals surface area (Å²) in [7, 11) is 0. The Hall–Kier alpha value is -1.95. The molecule has 1 saturated heterocycles. The molecule has 6 nitrogen and oxygen atoms in total. The minimum Gasteiger partial charge on any atom is -0.319 e. The predicted octanol–water partition coefficient (Wildman–Crippen LogP) is 1.59. The molecule has 0 spiro atoms. The lowest BCUT2D eigenvalue weighted by molar-refractivity contribution is -0.383. The zero-order valence-corrected chi connectivity index (χ0v) is 10.1. The molecule has 1 atom stereocenters. The van der Waals surface area contributed by atoms with Crippen LogP contribution in [0.3, 0.4) is 0 Å². The van der Waals surface area contributed by atoms with E-state index in [1.807, 2.05) is 6.92 Å². The van der Waals surface area contributed by atoms with Crippen LogP contribution in [0.5, 0.6) is 0 Å². The lowest BCUT2D eigenvalue weighted by atomic mass is 10.1. The molecule has 2 rings (SSSR count). The Kier molecular flexibility index (Phi) is 3.57. The van der Waals surface area contributed by atoms with Crippen LogP contribution in [0, 0.1) is 17.0 Å². The maximum absolute atomic E-state index is 11.9. The number of hydrogen-bond donors (Lipinski definition) is 2. The van der Waals surface area contributed by atoms with Crippen LogP contribution in [0.4, 0.5) is 11.4 Å². The number of carbonyl (C=O) groups is 1. The van der Waals surface area contributed by atoms with Crippen LogP contribution >= 0.6 is 0 Å². The quantitative estimate of drug-likeness (QED) is 0.629. The monoisotopic (exact) mass is 249 g/mol. The number of anilines is 1. The van der Waals surface area contributed by atoms with Crippen molar-refractivity contribution >= 4 is 17.3 Å². The number of aryl methyl sites for hydroxylation is 1. The summed E-state index contributed by atoms with van der Waals surface area (Å²) in [4.78, 5) is 22.3. The van der Waals surface area contributed by atoms with Crippen molar-refractivity contribution < 1.29 is 9.72 Å². The van der Waals surface area contributed by atoms with Crippen LogP contribution in [-0.2, 0) is 4.79 Å². The molecule has 6 heteroatoms. The third-order valence-corrected chi connectivity index (χ3v) is 2.98. The van der Waals surface area contributed by atoms with Crippen LogP contribution in [0.15, 0.2) is 18.2 Å². The summed E-state index contributed by atoms with van der Waals surface area (Å²) in [5.41, 5.74) is 1.06. The number of nitro benzene ring substituents is 1. The molecule has 1 aromatic carbocycles. The molecule has 1 aromatic rings. The Bertz CT molecular complexity index is 481. The van der Waals surface area contributed by atoms with Gasteiger partial charge in [0.2, 0.25) is 5.91 Å². The van der Waals surface area contributed by atoms with Crippen molar-refractivity contribution in [3.63, 3.8) is 0 Å². The Morgan fingerprint density at radius 1 is 1.56 bits per heavy atom. The molecular weight excluding hydrogens is 234 g/mol. The average molecular weight is 249 g/mol. The van der Waals surface area contributed by atoms with Gasteiger partial charge >= 0.3 is 0 Å². The van der Waals surface area contributed by atoms with Crippen LogP contribution in [0.2, 0.25) is 0 Å². The first-order valence-corrected chi connectivity index (χ1v) is 5.87. The molecule has 1 fully saturated rings. The summed E-state index contributed by atoms with van der Waals surface area (Å²) >= 11 is 0. The SMILES string of the molecule is Cc1ccc([N+](=O)[O-])c(NC(=O)[C@@H]2CCCN2)c1. The second kappa shape index (κ2) is 5.14. The fourth-order valence-electron chi connectivity index (χ4n) is 2.04. The standard InChI is InChI=1S/C12H15N3O3/c1-8-4-5-11(15(17)18)10(7-8)14-12(16)9-3-2-6-13-9/h4-5,7,9,13H,2-3,6H2,1H3,(H,14,16)/t9-/m0/s1. The largest absolute Gasteiger partial charge is 0.319 e. The van der Waals surface area contributed by atoms with Gasteiger partial charge in [0.25, 0.3) is 5.69 Å². The van der Waals surface area contributed by atoms with Crippen molar-refractivity contribution in [2.45, 2.75) is 25.8 Å². The van der Waals surface area contributed by atoms with Gasteiger partial charge in [0.15, 0.2) is 0 Å². The first-order chi connectivity index (χ1) is 8.58. The van der Waals surface area contributed by atoms with Gasteiger partial charge in [-0.2, -0.15) is 0 Å². The Morgan fingerprint density at radius 3 is 2.94 bits per heavy atom. The van der Waals surface area contributed by atoms with Gasteiger partial charge in [-0.1, -0.05) is 6.07 Å². The fourth-order valence-corrected chi connectivity index (χ4v) is 2.04. The molecule has 2 N–H and O–H groups in total. The van der Waals surface area contributed by atoms with Gasteiger partial charge in [0.05, 0.1) is 11.0 Å². The number of nitro groups is 1. The highest BCUT2D eigenvalue weighted by atomic mass is 16.6. The van der Waals surface area contributed by atoms with Crippen molar-refractivity contribution in [3.05, 3.63) is 33.9 Å². The van der Waals surface area contributed by atoms with Gasteiger partial charge in [0.1, 0.15) is 5.69 Å². The minimum absolute atomic E-state index is 0.0769. The van der Waals surface area contributed by atoms with Crippen molar-refractivity contribution in [1.29, 1.82) is 0 Å². The normalized spacial score (nSPS) is 18.6. The zero-order valence-electron chi connectivity index (χ0n) is 10.1. The fraction of sp³-hybridized carbons (Fsp3) is 0.417. The van der Waals surface area contributed by atoms with E-state index in [4.69, 9.17) is 0 Å². The minimum atomic E-state index is -0.489. The summed E-state index contributed by atoms with van der Waals surface area (Å²) < 4.78 is 0. The number of nitrogens with zero attached hydrogens (tertiary/aromatic N) is 1. The highest BCUT2D eigenvalue weighted by Gasteiger charge is 2.24. The Labute approximate surface area is 105 Å². The van der Waals surface area contributed by atoms with Crippen molar-refractivity contribution in [2.75, 3.05) is 11.9 Å². The van der Waals surface area contributed by atoms with E-state index in [2.05, 4.69) is 10.6 Å². The van der Waals surface area contributed by atoms with Gasteiger partial charge in [0, 0.05) is 6.07 Å². The molecule has 0 radical (unpaired) electrons. The summed E-state index contributed by atoms with van der Waals surface area (Å²) in [6.07, 6.45) is 1.72. The van der Waals surface area contributed by atoms with Crippen molar-refractivity contribution in [2.24, 2.45) is 0 Å². The second-order valence-electron chi connectivity index (χ2n) is 4.42. The summed E-state index contributed by atoms with van der Waals surface area (Å²) in [5.74, 6) is -0.207. The third kappa shape index (κ3) is 2.65. The molecule has 1 aliphatic heterocycles. The van der Waals surface area contributed by atoms with Gasteiger partial charge in [-0.3, -0.25) is 14.9 Å². The van der Waals surface area contributed by atoms with Crippen molar-refractivity contribution in [1.82, 2.24) is 5.32 Å². The van der Waals surface area contributed by atoms with Crippen LogP contribution in [-0.4, -0.2) is 23.4 Å². The average Bonchev–Trinajstić information content (AvgIpc) is 2.81. The van der Waals surface area contributed by atoms with E-state index >= 15 is 0 Å². The molecular formula is C12H15N3O3. The maximum Gasteiger partial charge on any atom is 0.292 e. The summed E-state index contributed by atoms with van der Waals surface area (Å²) in [6.45, 7) is 2.64. The van der Waals surface area contributed by atoms with E-state index in [0.29, 0.717) is 0 Å². The van der Waals surface area contributed by atoms with Crippen LogP contribution < -0.4 is 10.6 Å².